The number of fused-ring (bicyclic) bond motifs is 9. The molecule has 408 valence electrons. The first-order chi connectivity index (χ1) is 42.2. The van der Waals surface area contributed by atoms with E-state index < -0.39 is 0 Å². The van der Waals surface area contributed by atoms with E-state index in [4.69, 9.17) is 19.9 Å². The number of nitrogens with zero attached hydrogens (tertiary/aromatic N) is 7. The second-order valence-electron chi connectivity index (χ2n) is 23.0. The molecule has 0 saturated heterocycles. The van der Waals surface area contributed by atoms with Crippen LogP contribution in [0.5, 0.6) is 0 Å². The molecule has 5 aromatic heterocycles. The maximum atomic E-state index is 5.90. The van der Waals surface area contributed by atoms with Crippen molar-refractivity contribution in [1.82, 2.24) is 33.6 Å². The Kier molecular flexibility index (Phi) is 11.9. The molecule has 0 fully saturated rings. The van der Waals surface area contributed by atoms with E-state index in [9.17, 15) is 0 Å². The van der Waals surface area contributed by atoms with Crippen LogP contribution in [0.15, 0.2) is 255 Å². The normalized spacial score (nSPS) is 11.8. The summed E-state index contributed by atoms with van der Waals surface area (Å²) in [5.41, 5.74) is 23.8. The van der Waals surface area contributed by atoms with Crippen molar-refractivity contribution in [3.63, 3.8) is 0 Å². The third-order valence-electron chi connectivity index (χ3n) is 17.1. The fraction of sp³-hybridized carbons (Fsp3) is 0.0633. The first-order valence-electron chi connectivity index (χ1n) is 29.4. The van der Waals surface area contributed by atoms with Gasteiger partial charge in [0.2, 0.25) is 0 Å². The van der Waals surface area contributed by atoms with E-state index in [2.05, 4.69) is 303 Å². The van der Waals surface area contributed by atoms with Crippen molar-refractivity contribution in [3.8, 4) is 84.9 Å². The van der Waals surface area contributed by atoms with Gasteiger partial charge < -0.3 is 13.7 Å². The summed E-state index contributed by atoms with van der Waals surface area (Å²) in [6.07, 6.45) is 0. The van der Waals surface area contributed by atoms with Crippen LogP contribution >= 0.6 is 0 Å². The molecular weight excluding hydrogens is 1050 g/mol. The van der Waals surface area contributed by atoms with E-state index in [1.54, 1.807) is 0 Å². The Morgan fingerprint density at radius 2 is 0.523 bits per heavy atom. The molecule has 0 saturated carbocycles. The van der Waals surface area contributed by atoms with Gasteiger partial charge in [-0.2, -0.15) is 0 Å². The molecule has 11 aromatic carbocycles. The van der Waals surface area contributed by atoms with Crippen molar-refractivity contribution in [2.24, 2.45) is 0 Å². The molecule has 0 atom stereocenters. The first-order valence-corrected chi connectivity index (χ1v) is 29.4. The third kappa shape index (κ3) is 8.34. The van der Waals surface area contributed by atoms with Gasteiger partial charge in [0, 0.05) is 65.7 Å². The van der Waals surface area contributed by atoms with Crippen LogP contribution in [0.4, 0.5) is 0 Å². The molecule has 5 heterocycles. The predicted octanol–water partition coefficient (Wildman–Crippen LogP) is 20.1. The van der Waals surface area contributed by atoms with Crippen LogP contribution in [0.3, 0.4) is 0 Å². The Hall–Kier alpha value is -11.0. The molecule has 7 nitrogen and oxygen atoms in total. The van der Waals surface area contributed by atoms with Gasteiger partial charge in [-0.1, -0.05) is 198 Å². The molecule has 7 heteroatoms. The third-order valence-corrected chi connectivity index (χ3v) is 17.1. The van der Waals surface area contributed by atoms with E-state index in [0.29, 0.717) is 11.6 Å². The standard InChI is InChI=1S/C79H57N7/c1-48-34-39-72-58(40-48)57-28-18-19-29-67(57)86(72)77-75(65-45-63(53-20-10-6-11-21-53)80-78(82-65)55-24-14-8-15-25-55)73(84-68-35-30-49(2)41-59(68)60-42-50(3)31-36-69(60)84)47-74(85-70-37-32-51(4)43-61(70)62-44-52(5)33-38-71(62)85)76(77)66-46-64(54-22-12-7-13-23-54)81-79(83-66)56-26-16-9-17-27-56/h6-47H,1-5H3. The van der Waals surface area contributed by atoms with Crippen LogP contribution in [0.2, 0.25) is 0 Å². The summed E-state index contributed by atoms with van der Waals surface area (Å²) in [5, 5.41) is 6.97. The topological polar surface area (TPSA) is 66.3 Å². The predicted molar refractivity (Wildman–Crippen MR) is 357 cm³/mol. The number of aryl methyl sites for hydroxylation is 5. The highest BCUT2D eigenvalue weighted by Gasteiger charge is 2.32. The fourth-order valence-corrected chi connectivity index (χ4v) is 13.2. The highest BCUT2D eigenvalue weighted by atomic mass is 15.1. The lowest BCUT2D eigenvalue weighted by molar-refractivity contribution is 1.08. The summed E-state index contributed by atoms with van der Waals surface area (Å²) in [6, 6.07) is 92.1. The quantitative estimate of drug-likeness (QED) is 0.144. The Balaban J connectivity index is 1.22. The summed E-state index contributed by atoms with van der Waals surface area (Å²) in [7, 11) is 0. The molecule has 0 N–H and O–H groups in total. The molecule has 16 rings (SSSR count). The zero-order valence-electron chi connectivity index (χ0n) is 48.4. The van der Waals surface area contributed by atoms with Crippen molar-refractivity contribution in [3.05, 3.63) is 283 Å². The number of rotatable bonds is 9. The van der Waals surface area contributed by atoms with Crippen LogP contribution < -0.4 is 0 Å². The van der Waals surface area contributed by atoms with E-state index in [0.717, 1.165) is 117 Å². The highest BCUT2D eigenvalue weighted by molar-refractivity contribution is 6.15. The Labute approximate surface area is 498 Å². The lowest BCUT2D eigenvalue weighted by atomic mass is 9.94. The van der Waals surface area contributed by atoms with Crippen LogP contribution in [0.1, 0.15) is 27.8 Å². The second kappa shape index (κ2) is 20.1. The van der Waals surface area contributed by atoms with Gasteiger partial charge in [0.25, 0.3) is 0 Å². The maximum Gasteiger partial charge on any atom is 0.160 e. The molecule has 0 aliphatic rings. The average molecular weight is 1100 g/mol. The Morgan fingerprint density at radius 1 is 0.233 bits per heavy atom. The van der Waals surface area contributed by atoms with Crippen molar-refractivity contribution in [1.29, 1.82) is 0 Å². The summed E-state index contributed by atoms with van der Waals surface area (Å²) in [6.45, 7) is 11.0. The minimum atomic E-state index is 0.615. The lowest BCUT2D eigenvalue weighted by Gasteiger charge is -2.27. The maximum absolute atomic E-state index is 5.90. The number of aromatic nitrogens is 7. The minimum absolute atomic E-state index is 0.615. The number of benzene rings is 11. The zero-order chi connectivity index (χ0) is 57.7. The van der Waals surface area contributed by atoms with Gasteiger partial charge in [0.05, 0.1) is 72.9 Å². The van der Waals surface area contributed by atoms with E-state index >= 15 is 0 Å². The van der Waals surface area contributed by atoms with Gasteiger partial charge in [-0.25, -0.2) is 19.9 Å². The molecule has 86 heavy (non-hydrogen) atoms. The molecule has 0 spiro atoms. The molecule has 0 radical (unpaired) electrons. The van der Waals surface area contributed by atoms with Crippen LogP contribution in [0, 0.1) is 34.6 Å². The molecule has 16 aromatic rings. The van der Waals surface area contributed by atoms with Crippen molar-refractivity contribution < 1.29 is 0 Å². The van der Waals surface area contributed by atoms with Crippen LogP contribution in [0.25, 0.3) is 150 Å². The smallest absolute Gasteiger partial charge is 0.160 e. The van der Waals surface area contributed by atoms with Gasteiger partial charge in [-0.05, 0) is 120 Å². The van der Waals surface area contributed by atoms with Gasteiger partial charge in [0.15, 0.2) is 11.6 Å². The zero-order valence-corrected chi connectivity index (χ0v) is 48.4. The summed E-state index contributed by atoms with van der Waals surface area (Å²) >= 11 is 0. The minimum Gasteiger partial charge on any atom is -0.308 e. The Morgan fingerprint density at radius 3 is 0.895 bits per heavy atom. The van der Waals surface area contributed by atoms with Gasteiger partial charge >= 0.3 is 0 Å². The number of hydrogen-bond donors (Lipinski definition) is 0. The summed E-state index contributed by atoms with van der Waals surface area (Å²) in [5.74, 6) is 1.23. The van der Waals surface area contributed by atoms with Crippen LogP contribution in [-0.2, 0) is 0 Å². The highest BCUT2D eigenvalue weighted by Crippen LogP contribution is 2.51. The van der Waals surface area contributed by atoms with E-state index in [-0.39, 0.29) is 0 Å². The Bertz CT molecular complexity index is 4880. The van der Waals surface area contributed by atoms with E-state index in [1.165, 1.54) is 49.4 Å². The van der Waals surface area contributed by atoms with Gasteiger partial charge in [0.1, 0.15) is 0 Å². The van der Waals surface area contributed by atoms with E-state index in [1.807, 2.05) is 0 Å². The fourth-order valence-electron chi connectivity index (χ4n) is 13.2. The van der Waals surface area contributed by atoms with Crippen LogP contribution in [-0.4, -0.2) is 33.6 Å². The van der Waals surface area contributed by atoms with Crippen molar-refractivity contribution >= 4 is 65.4 Å². The molecule has 0 amide bonds. The molecule has 0 aliphatic heterocycles. The average Bonchev–Trinajstić information content (AvgIpc) is 1.58. The largest absolute Gasteiger partial charge is 0.308 e. The van der Waals surface area contributed by atoms with Gasteiger partial charge in [-0.15, -0.1) is 0 Å². The summed E-state index contributed by atoms with van der Waals surface area (Å²) < 4.78 is 7.53. The number of para-hydroxylation sites is 1. The molecule has 0 unspecified atom stereocenters. The first kappa shape index (κ1) is 50.7. The van der Waals surface area contributed by atoms with Gasteiger partial charge in [-0.3, -0.25) is 0 Å². The summed E-state index contributed by atoms with van der Waals surface area (Å²) in [4.78, 5) is 22.8. The molecule has 0 bridgehead atoms. The molecule has 0 aliphatic carbocycles. The van der Waals surface area contributed by atoms with Crippen molar-refractivity contribution in [2.45, 2.75) is 34.6 Å². The second-order valence-corrected chi connectivity index (χ2v) is 23.0. The lowest BCUT2D eigenvalue weighted by Crippen LogP contribution is -2.12. The van der Waals surface area contributed by atoms with Crippen molar-refractivity contribution in [2.75, 3.05) is 0 Å². The molecular formula is C79H57N7. The number of hydrogen-bond acceptors (Lipinski definition) is 4. The SMILES string of the molecule is Cc1ccc2c(c1)c1cc(C)ccc1n2-c1cc(-n2c3ccc(C)cc3c3cc(C)ccc32)c(-c2cc(-c3ccccc3)nc(-c3ccccc3)n2)c(-n2c3ccccc3c3cc(C)ccc32)c1-c1cc(-c2ccccc2)nc(-c2ccccc2)n1. The monoisotopic (exact) mass is 1100 g/mol.